The van der Waals surface area contributed by atoms with Gasteiger partial charge < -0.3 is 0 Å². The first-order chi connectivity index (χ1) is 23.7. The Kier molecular flexibility index (Phi) is 6.15. The Hall–Kier alpha value is -7.02. The van der Waals surface area contributed by atoms with Crippen molar-refractivity contribution in [2.45, 2.75) is 0 Å². The summed E-state index contributed by atoms with van der Waals surface area (Å²) in [5.74, 6) is 1.44. The van der Waals surface area contributed by atoms with Crippen LogP contribution in [0.5, 0.6) is 0 Å². The molecule has 9 aromatic rings. The van der Waals surface area contributed by atoms with Gasteiger partial charge in [-0.25, -0.2) is 9.97 Å². The number of benzene rings is 5. The van der Waals surface area contributed by atoms with Gasteiger partial charge in [-0.2, -0.15) is 10.5 Å². The van der Waals surface area contributed by atoms with E-state index in [0.717, 1.165) is 77.6 Å². The lowest BCUT2D eigenvalue weighted by molar-refractivity contribution is 1.00. The van der Waals surface area contributed by atoms with E-state index in [2.05, 4.69) is 75.9 Å². The van der Waals surface area contributed by atoms with Crippen molar-refractivity contribution in [2.24, 2.45) is 0 Å². The van der Waals surface area contributed by atoms with Crippen molar-refractivity contribution in [3.63, 3.8) is 0 Å². The summed E-state index contributed by atoms with van der Waals surface area (Å²) < 4.78 is 4.30. The number of rotatable bonds is 4. The van der Waals surface area contributed by atoms with Gasteiger partial charge in [0, 0.05) is 33.3 Å². The molecule has 0 amide bonds. The Morgan fingerprint density at radius 1 is 0.479 bits per heavy atom. The van der Waals surface area contributed by atoms with Crippen molar-refractivity contribution in [1.29, 1.82) is 10.5 Å². The van der Waals surface area contributed by atoms with Crippen molar-refractivity contribution in [3.05, 3.63) is 157 Å². The zero-order valence-electron chi connectivity index (χ0n) is 25.5. The molecule has 0 saturated carbocycles. The Labute approximate surface area is 275 Å². The summed E-state index contributed by atoms with van der Waals surface area (Å²) in [6.07, 6.45) is 1.82. The molecule has 6 heteroatoms. The number of hydrogen-bond donors (Lipinski definition) is 0. The summed E-state index contributed by atoms with van der Waals surface area (Å²) in [6, 6.07) is 51.2. The van der Waals surface area contributed by atoms with E-state index in [0.29, 0.717) is 11.1 Å². The second-order valence-electron chi connectivity index (χ2n) is 11.7. The maximum Gasteiger partial charge on any atom is 0.146 e. The molecule has 9 rings (SSSR count). The number of pyridine rings is 2. The molecule has 6 nitrogen and oxygen atoms in total. The predicted octanol–water partition coefficient (Wildman–Crippen LogP) is 9.75. The number of hydrogen-bond acceptors (Lipinski definition) is 4. The maximum atomic E-state index is 10.0. The molecule has 0 aliphatic heterocycles. The molecule has 4 aromatic heterocycles. The number of aromatic nitrogens is 4. The minimum atomic E-state index is 0.606. The van der Waals surface area contributed by atoms with Gasteiger partial charge >= 0.3 is 0 Å². The molecule has 0 fully saturated rings. The molecule has 0 N–H and O–H groups in total. The fourth-order valence-corrected chi connectivity index (χ4v) is 6.99. The highest BCUT2D eigenvalue weighted by atomic mass is 15.2. The predicted molar refractivity (Wildman–Crippen MR) is 191 cm³/mol. The lowest BCUT2D eigenvalue weighted by Crippen LogP contribution is -2.05. The molecule has 48 heavy (non-hydrogen) atoms. The Morgan fingerprint density at radius 3 is 1.85 bits per heavy atom. The van der Waals surface area contributed by atoms with Gasteiger partial charge in [0.25, 0.3) is 0 Å². The van der Waals surface area contributed by atoms with Crippen LogP contribution in [0.25, 0.3) is 77.6 Å². The lowest BCUT2D eigenvalue weighted by Gasteiger charge is -2.16. The van der Waals surface area contributed by atoms with Gasteiger partial charge in [0.15, 0.2) is 0 Å². The van der Waals surface area contributed by atoms with Gasteiger partial charge in [0.1, 0.15) is 17.3 Å². The van der Waals surface area contributed by atoms with Crippen LogP contribution in [0, 0.1) is 22.7 Å². The molecule has 0 saturated heterocycles. The second kappa shape index (κ2) is 10.8. The van der Waals surface area contributed by atoms with E-state index in [9.17, 15) is 10.5 Å². The fraction of sp³-hybridized carbons (Fsp3) is 0. The SMILES string of the molecule is N#Cc1ccc2c(c1)c1ccccc1n2-c1cc(-c2ccccc2-c2ccccc2C#N)cc(-n2c3ccccc3c3cccnc32)n1. The average molecular weight is 613 g/mol. The van der Waals surface area contributed by atoms with E-state index in [4.69, 9.17) is 9.97 Å². The zero-order chi connectivity index (χ0) is 32.2. The van der Waals surface area contributed by atoms with Crippen LogP contribution < -0.4 is 0 Å². The molecule has 0 bridgehead atoms. The molecular weight excluding hydrogens is 589 g/mol. The Morgan fingerprint density at radius 2 is 1.08 bits per heavy atom. The van der Waals surface area contributed by atoms with Crippen molar-refractivity contribution in [3.8, 4) is 46.0 Å². The third-order valence-corrected chi connectivity index (χ3v) is 9.07. The van der Waals surface area contributed by atoms with Gasteiger partial charge in [0.05, 0.1) is 39.8 Å². The van der Waals surface area contributed by atoms with Gasteiger partial charge in [-0.1, -0.05) is 78.9 Å². The molecule has 222 valence electrons. The maximum absolute atomic E-state index is 10.0. The summed E-state index contributed by atoms with van der Waals surface area (Å²) in [7, 11) is 0. The van der Waals surface area contributed by atoms with Gasteiger partial charge in [0.2, 0.25) is 0 Å². The van der Waals surface area contributed by atoms with Crippen molar-refractivity contribution >= 4 is 43.7 Å². The number of nitrogens with zero attached hydrogens (tertiary/aromatic N) is 6. The molecular formula is C42H24N6. The lowest BCUT2D eigenvalue weighted by atomic mass is 9.92. The van der Waals surface area contributed by atoms with Crippen LogP contribution >= 0.6 is 0 Å². The topological polar surface area (TPSA) is 83.2 Å². The summed E-state index contributed by atoms with van der Waals surface area (Å²) >= 11 is 0. The summed E-state index contributed by atoms with van der Waals surface area (Å²) in [6.45, 7) is 0. The molecule has 0 spiro atoms. The average Bonchev–Trinajstić information content (AvgIpc) is 3.67. The first kappa shape index (κ1) is 27.3. The van der Waals surface area contributed by atoms with Crippen LogP contribution in [0.4, 0.5) is 0 Å². The van der Waals surface area contributed by atoms with Crippen LogP contribution in [0.15, 0.2) is 146 Å². The van der Waals surface area contributed by atoms with Gasteiger partial charge in [-0.05, 0) is 77.4 Å². The minimum absolute atomic E-state index is 0.606. The van der Waals surface area contributed by atoms with E-state index in [1.54, 1.807) is 0 Å². The Balaban J connectivity index is 1.41. The van der Waals surface area contributed by atoms with Crippen LogP contribution in [0.3, 0.4) is 0 Å². The van der Waals surface area contributed by atoms with E-state index in [1.165, 1.54) is 0 Å². The quantitative estimate of drug-likeness (QED) is 0.198. The highest BCUT2D eigenvalue weighted by Crippen LogP contribution is 2.39. The monoisotopic (exact) mass is 612 g/mol. The normalized spacial score (nSPS) is 11.3. The minimum Gasteiger partial charge on any atom is -0.294 e. The molecule has 0 aliphatic rings. The zero-order valence-corrected chi connectivity index (χ0v) is 25.5. The number of para-hydroxylation sites is 2. The molecule has 0 unspecified atom stereocenters. The molecule has 0 radical (unpaired) electrons. The van der Waals surface area contributed by atoms with Crippen molar-refractivity contribution < 1.29 is 0 Å². The standard InChI is InChI=1S/C42H24N6/c43-25-27-19-20-39-36(22-27)34-15-6-7-17-37(34)47(39)40-23-29(31-12-3-4-13-32(31)30-11-2-1-10-28(30)26-44)24-41(46-40)48-38-18-8-5-14-33(38)35-16-9-21-45-42(35)48/h1-24H. The third-order valence-electron chi connectivity index (χ3n) is 9.07. The first-order valence-corrected chi connectivity index (χ1v) is 15.6. The summed E-state index contributed by atoms with van der Waals surface area (Å²) in [5, 5.41) is 23.9. The molecule has 5 aromatic carbocycles. The molecule has 0 atom stereocenters. The third kappa shape index (κ3) is 4.11. The van der Waals surface area contributed by atoms with Gasteiger partial charge in [-0.15, -0.1) is 0 Å². The van der Waals surface area contributed by atoms with Gasteiger partial charge in [-0.3, -0.25) is 9.13 Å². The summed E-state index contributed by atoms with van der Waals surface area (Å²) in [5.41, 5.74) is 8.73. The first-order valence-electron chi connectivity index (χ1n) is 15.6. The largest absolute Gasteiger partial charge is 0.294 e. The highest BCUT2D eigenvalue weighted by molar-refractivity contribution is 6.10. The highest BCUT2D eigenvalue weighted by Gasteiger charge is 2.20. The second-order valence-corrected chi connectivity index (χ2v) is 11.7. The van der Waals surface area contributed by atoms with Crippen LogP contribution in [-0.4, -0.2) is 19.1 Å². The number of fused-ring (bicyclic) bond motifs is 6. The van der Waals surface area contributed by atoms with E-state index in [1.807, 2.05) is 91.1 Å². The number of nitriles is 2. The Bertz CT molecular complexity index is 2770. The fourth-order valence-electron chi connectivity index (χ4n) is 6.99. The van der Waals surface area contributed by atoms with Crippen LogP contribution in [0.1, 0.15) is 11.1 Å². The smallest absolute Gasteiger partial charge is 0.146 e. The summed E-state index contributed by atoms with van der Waals surface area (Å²) in [4.78, 5) is 10.2. The van der Waals surface area contributed by atoms with Crippen LogP contribution in [0.2, 0.25) is 0 Å². The van der Waals surface area contributed by atoms with E-state index < -0.39 is 0 Å². The molecule has 4 heterocycles. The van der Waals surface area contributed by atoms with E-state index in [-0.39, 0.29) is 0 Å². The molecule has 0 aliphatic carbocycles. The van der Waals surface area contributed by atoms with Crippen molar-refractivity contribution in [1.82, 2.24) is 19.1 Å². The van der Waals surface area contributed by atoms with Crippen LogP contribution in [-0.2, 0) is 0 Å². The van der Waals surface area contributed by atoms with E-state index >= 15 is 0 Å². The van der Waals surface area contributed by atoms with Crippen molar-refractivity contribution in [2.75, 3.05) is 0 Å².